The Balaban J connectivity index is 2.10. The highest BCUT2D eigenvalue weighted by Gasteiger charge is 2.26. The zero-order valence-corrected chi connectivity index (χ0v) is 8.89. The summed E-state index contributed by atoms with van der Waals surface area (Å²) in [5.41, 5.74) is 0.752. The van der Waals surface area contributed by atoms with Gasteiger partial charge in [0.25, 0.3) is 0 Å². The highest BCUT2D eigenvalue weighted by Crippen LogP contribution is 2.20. The Morgan fingerprint density at radius 1 is 1.44 bits per heavy atom. The SMILES string of the molecule is N#CCN(C(=O)NC1CC1)c1ccccc1. The number of rotatable bonds is 3. The molecule has 0 radical (unpaired) electrons. The van der Waals surface area contributed by atoms with Gasteiger partial charge in [0, 0.05) is 11.7 Å². The van der Waals surface area contributed by atoms with Gasteiger partial charge in [-0.15, -0.1) is 0 Å². The van der Waals surface area contributed by atoms with Crippen LogP contribution in [0.5, 0.6) is 0 Å². The number of anilines is 1. The standard InChI is InChI=1S/C12H13N3O/c13-8-9-15(11-4-2-1-3-5-11)12(16)14-10-6-7-10/h1-5,10H,6-7,9H2,(H,14,16). The van der Waals surface area contributed by atoms with E-state index in [1.54, 1.807) is 0 Å². The number of hydrogen-bond acceptors (Lipinski definition) is 2. The Labute approximate surface area is 94.5 Å². The molecule has 4 nitrogen and oxygen atoms in total. The van der Waals surface area contributed by atoms with Gasteiger partial charge < -0.3 is 5.32 Å². The number of carbonyl (C=O) groups excluding carboxylic acids is 1. The molecule has 0 bridgehead atoms. The van der Waals surface area contributed by atoms with Gasteiger partial charge in [-0.25, -0.2) is 4.79 Å². The number of benzene rings is 1. The van der Waals surface area contributed by atoms with Crippen LogP contribution < -0.4 is 10.2 Å². The van der Waals surface area contributed by atoms with Gasteiger partial charge in [0.05, 0.1) is 6.07 Å². The molecule has 1 saturated carbocycles. The zero-order valence-electron chi connectivity index (χ0n) is 8.89. The molecule has 0 unspecified atom stereocenters. The smallest absolute Gasteiger partial charge is 0.323 e. The van der Waals surface area contributed by atoms with E-state index in [1.807, 2.05) is 36.4 Å². The number of hydrogen-bond donors (Lipinski definition) is 1. The third-order valence-corrected chi connectivity index (χ3v) is 2.45. The molecule has 0 heterocycles. The Hall–Kier alpha value is -2.02. The summed E-state index contributed by atoms with van der Waals surface area (Å²) in [4.78, 5) is 13.3. The van der Waals surface area contributed by atoms with Crippen molar-refractivity contribution in [1.29, 1.82) is 5.26 Å². The Kier molecular flexibility index (Phi) is 3.06. The van der Waals surface area contributed by atoms with Crippen LogP contribution in [0.1, 0.15) is 12.8 Å². The van der Waals surface area contributed by atoms with Crippen LogP contribution in [0.4, 0.5) is 10.5 Å². The average Bonchev–Trinajstić information content (AvgIpc) is 3.11. The Morgan fingerprint density at radius 2 is 2.12 bits per heavy atom. The van der Waals surface area contributed by atoms with Gasteiger partial charge in [-0.05, 0) is 25.0 Å². The summed E-state index contributed by atoms with van der Waals surface area (Å²) >= 11 is 0. The summed E-state index contributed by atoms with van der Waals surface area (Å²) in [6.07, 6.45) is 2.09. The van der Waals surface area contributed by atoms with E-state index in [2.05, 4.69) is 5.32 Å². The number of nitriles is 1. The van der Waals surface area contributed by atoms with E-state index in [4.69, 9.17) is 5.26 Å². The van der Waals surface area contributed by atoms with Gasteiger partial charge in [-0.2, -0.15) is 5.26 Å². The van der Waals surface area contributed by atoms with Crippen molar-refractivity contribution in [3.63, 3.8) is 0 Å². The van der Waals surface area contributed by atoms with Crippen molar-refractivity contribution in [2.24, 2.45) is 0 Å². The van der Waals surface area contributed by atoms with Crippen molar-refractivity contribution in [3.8, 4) is 6.07 Å². The molecule has 4 heteroatoms. The highest BCUT2D eigenvalue weighted by atomic mass is 16.2. The van der Waals surface area contributed by atoms with Crippen molar-refractivity contribution < 1.29 is 4.79 Å². The van der Waals surface area contributed by atoms with E-state index >= 15 is 0 Å². The van der Waals surface area contributed by atoms with Crippen LogP contribution in [0.25, 0.3) is 0 Å². The summed E-state index contributed by atoms with van der Waals surface area (Å²) in [6, 6.07) is 11.4. The molecule has 82 valence electrons. The molecule has 1 aromatic rings. The molecule has 0 spiro atoms. The summed E-state index contributed by atoms with van der Waals surface area (Å²) in [5.74, 6) is 0. The molecule has 1 aromatic carbocycles. The lowest BCUT2D eigenvalue weighted by molar-refractivity contribution is 0.246. The summed E-state index contributed by atoms with van der Waals surface area (Å²) in [5, 5.41) is 11.6. The minimum atomic E-state index is -0.185. The number of urea groups is 1. The van der Waals surface area contributed by atoms with Gasteiger partial charge in [0.1, 0.15) is 6.54 Å². The lowest BCUT2D eigenvalue weighted by atomic mass is 10.3. The minimum Gasteiger partial charge on any atom is -0.335 e. The molecule has 1 N–H and O–H groups in total. The van der Waals surface area contributed by atoms with Crippen molar-refractivity contribution in [3.05, 3.63) is 30.3 Å². The predicted molar refractivity (Wildman–Crippen MR) is 61.0 cm³/mol. The fourth-order valence-corrected chi connectivity index (χ4v) is 1.44. The summed E-state index contributed by atoms with van der Waals surface area (Å²) in [6.45, 7) is 0.0720. The number of amides is 2. The Bertz CT molecular complexity index is 406. The van der Waals surface area contributed by atoms with Crippen LogP contribution in [-0.4, -0.2) is 18.6 Å². The molecule has 2 amide bonds. The van der Waals surface area contributed by atoms with E-state index in [-0.39, 0.29) is 12.6 Å². The van der Waals surface area contributed by atoms with E-state index in [9.17, 15) is 4.79 Å². The number of nitrogens with zero attached hydrogens (tertiary/aromatic N) is 2. The minimum absolute atomic E-state index is 0.0720. The van der Waals surface area contributed by atoms with Crippen molar-refractivity contribution >= 4 is 11.7 Å². The highest BCUT2D eigenvalue weighted by molar-refractivity contribution is 5.92. The monoisotopic (exact) mass is 215 g/mol. The van der Waals surface area contributed by atoms with Gasteiger partial charge in [-0.1, -0.05) is 18.2 Å². The maximum Gasteiger partial charge on any atom is 0.323 e. The van der Waals surface area contributed by atoms with Crippen LogP contribution >= 0.6 is 0 Å². The fourth-order valence-electron chi connectivity index (χ4n) is 1.44. The van der Waals surface area contributed by atoms with Crippen molar-refractivity contribution in [2.45, 2.75) is 18.9 Å². The molecular weight excluding hydrogens is 202 g/mol. The molecule has 0 aromatic heterocycles. The first-order valence-corrected chi connectivity index (χ1v) is 5.31. The van der Waals surface area contributed by atoms with Crippen LogP contribution in [0.3, 0.4) is 0 Å². The van der Waals surface area contributed by atoms with Gasteiger partial charge in [0.15, 0.2) is 0 Å². The molecule has 2 rings (SSSR count). The third kappa shape index (κ3) is 2.51. The molecular formula is C12H13N3O. The number of carbonyl (C=O) groups is 1. The second-order valence-electron chi connectivity index (χ2n) is 3.80. The van der Waals surface area contributed by atoms with Gasteiger partial charge >= 0.3 is 6.03 Å². The van der Waals surface area contributed by atoms with Crippen LogP contribution in [-0.2, 0) is 0 Å². The van der Waals surface area contributed by atoms with Gasteiger partial charge in [-0.3, -0.25) is 4.90 Å². The fraction of sp³-hybridized carbons (Fsp3) is 0.333. The summed E-state index contributed by atoms with van der Waals surface area (Å²) in [7, 11) is 0. The topological polar surface area (TPSA) is 56.1 Å². The molecule has 1 fully saturated rings. The first-order valence-electron chi connectivity index (χ1n) is 5.31. The third-order valence-electron chi connectivity index (χ3n) is 2.45. The lowest BCUT2D eigenvalue weighted by Gasteiger charge is -2.19. The largest absolute Gasteiger partial charge is 0.335 e. The van der Waals surface area contributed by atoms with Crippen LogP contribution in [0.15, 0.2) is 30.3 Å². The van der Waals surface area contributed by atoms with E-state index < -0.39 is 0 Å². The van der Waals surface area contributed by atoms with Crippen LogP contribution in [0.2, 0.25) is 0 Å². The zero-order chi connectivity index (χ0) is 11.4. The summed E-state index contributed by atoms with van der Waals surface area (Å²) < 4.78 is 0. The van der Waals surface area contributed by atoms with E-state index in [0.717, 1.165) is 18.5 Å². The molecule has 0 aliphatic heterocycles. The second-order valence-corrected chi connectivity index (χ2v) is 3.80. The molecule has 0 atom stereocenters. The molecule has 0 saturated heterocycles. The maximum absolute atomic E-state index is 11.8. The maximum atomic E-state index is 11.8. The van der Waals surface area contributed by atoms with Gasteiger partial charge in [0.2, 0.25) is 0 Å². The lowest BCUT2D eigenvalue weighted by Crippen LogP contribution is -2.41. The quantitative estimate of drug-likeness (QED) is 0.783. The average molecular weight is 215 g/mol. The van der Waals surface area contributed by atoms with Crippen molar-refractivity contribution in [1.82, 2.24) is 5.32 Å². The first-order chi connectivity index (χ1) is 7.81. The molecule has 16 heavy (non-hydrogen) atoms. The normalized spacial score (nSPS) is 13.9. The molecule has 1 aliphatic carbocycles. The Morgan fingerprint density at radius 3 is 2.69 bits per heavy atom. The number of para-hydroxylation sites is 1. The first kappa shape index (κ1) is 10.5. The van der Waals surface area contributed by atoms with E-state index in [0.29, 0.717) is 6.04 Å². The van der Waals surface area contributed by atoms with E-state index in [1.165, 1.54) is 4.90 Å². The second kappa shape index (κ2) is 4.67. The van der Waals surface area contributed by atoms with Crippen molar-refractivity contribution in [2.75, 3.05) is 11.4 Å². The molecule has 1 aliphatic rings. The van der Waals surface area contributed by atoms with Crippen LogP contribution in [0, 0.1) is 11.3 Å². The number of nitrogens with one attached hydrogen (secondary N) is 1. The predicted octanol–water partition coefficient (Wildman–Crippen LogP) is 1.89.